The molecule has 1 atom stereocenters. The fraction of sp³-hybridized carbons (Fsp3) is 0.154. The average Bonchev–Trinajstić information content (AvgIpc) is 3.31. The smallest absolute Gasteiger partial charge is 0.255 e. The van der Waals surface area contributed by atoms with Crippen LogP contribution in [0, 0.1) is 6.92 Å². The minimum Gasteiger partial charge on any atom is -0.489 e. The number of anilines is 2. The number of hydrogen-bond acceptors (Lipinski definition) is 6. The van der Waals surface area contributed by atoms with Gasteiger partial charge >= 0.3 is 0 Å². The summed E-state index contributed by atoms with van der Waals surface area (Å²) in [7, 11) is 0. The van der Waals surface area contributed by atoms with Crippen LogP contribution < -0.4 is 15.4 Å². The first-order valence-corrected chi connectivity index (χ1v) is 12.0. The van der Waals surface area contributed by atoms with Gasteiger partial charge in [-0.2, -0.15) is 4.68 Å². The van der Waals surface area contributed by atoms with Crippen molar-refractivity contribution in [2.24, 2.45) is 0 Å². The molecule has 1 aromatic heterocycles. The minimum atomic E-state index is -0.534. The van der Waals surface area contributed by atoms with E-state index in [4.69, 9.17) is 27.9 Å². The highest BCUT2D eigenvalue weighted by Gasteiger charge is 2.34. The Labute approximate surface area is 217 Å². The minimum absolute atomic E-state index is 0.228. The molecule has 0 spiro atoms. The van der Waals surface area contributed by atoms with Gasteiger partial charge in [-0.3, -0.25) is 4.79 Å². The van der Waals surface area contributed by atoms with Crippen LogP contribution in [0.15, 0.2) is 78.0 Å². The highest BCUT2D eigenvalue weighted by atomic mass is 35.5. The third-order valence-corrected chi connectivity index (χ3v) is 6.58. The molecule has 5 rings (SSSR count). The summed E-state index contributed by atoms with van der Waals surface area (Å²) in [5.41, 5.74) is 4.47. The van der Waals surface area contributed by atoms with E-state index in [-0.39, 0.29) is 12.5 Å². The second-order valence-corrected chi connectivity index (χ2v) is 9.21. The maximum Gasteiger partial charge on any atom is 0.255 e. The Kier molecular flexibility index (Phi) is 6.63. The van der Waals surface area contributed by atoms with Crippen LogP contribution in [0.2, 0.25) is 10.0 Å². The Hall–Kier alpha value is -3.88. The normalized spacial score (nSPS) is 14.7. The first kappa shape index (κ1) is 23.8. The van der Waals surface area contributed by atoms with E-state index >= 15 is 0 Å². The van der Waals surface area contributed by atoms with Gasteiger partial charge in [-0.05, 0) is 71.8 Å². The van der Waals surface area contributed by atoms with Crippen LogP contribution in [0.1, 0.15) is 29.7 Å². The molecule has 36 heavy (non-hydrogen) atoms. The highest BCUT2D eigenvalue weighted by molar-refractivity contribution is 6.35. The molecule has 3 aromatic carbocycles. The first-order chi connectivity index (χ1) is 17.4. The standard InChI is InChI=1S/C26H22Cl2N6O2/c1-15-5-3-6-18(13-15)30-25(35)23-16(2)29-26-31-32-33-34(26)24(23)17-9-11-19(12-10-17)36-14-20-21(27)7-4-8-22(20)28/h3-13,24H,14H2,1-2H3,(H,30,35)(H,29,31,33). The van der Waals surface area contributed by atoms with Crippen molar-refractivity contribution >= 4 is 40.7 Å². The number of amides is 1. The number of nitrogens with zero attached hydrogens (tertiary/aromatic N) is 4. The van der Waals surface area contributed by atoms with Crippen molar-refractivity contribution in [2.75, 3.05) is 10.6 Å². The summed E-state index contributed by atoms with van der Waals surface area (Å²) in [5.74, 6) is 0.843. The predicted molar refractivity (Wildman–Crippen MR) is 139 cm³/mol. The molecule has 10 heteroatoms. The van der Waals surface area contributed by atoms with Crippen molar-refractivity contribution in [3.05, 3.63) is 105 Å². The van der Waals surface area contributed by atoms with E-state index in [0.717, 1.165) is 16.7 Å². The Bertz CT molecular complexity index is 1450. The van der Waals surface area contributed by atoms with Gasteiger partial charge in [0.15, 0.2) is 0 Å². The lowest BCUT2D eigenvalue weighted by Crippen LogP contribution is -2.31. The van der Waals surface area contributed by atoms with Crippen LogP contribution >= 0.6 is 23.2 Å². The summed E-state index contributed by atoms with van der Waals surface area (Å²) in [6.45, 7) is 4.04. The van der Waals surface area contributed by atoms with Crippen molar-refractivity contribution < 1.29 is 9.53 Å². The summed E-state index contributed by atoms with van der Waals surface area (Å²) in [6, 6.07) is 19.9. The molecule has 0 fully saturated rings. The van der Waals surface area contributed by atoms with Gasteiger partial charge in [-0.25, -0.2) is 0 Å². The van der Waals surface area contributed by atoms with Crippen molar-refractivity contribution in [1.82, 2.24) is 20.2 Å². The number of aryl methyl sites for hydroxylation is 1. The summed E-state index contributed by atoms with van der Waals surface area (Å²) < 4.78 is 7.51. The number of fused-ring (bicyclic) bond motifs is 1. The lowest BCUT2D eigenvalue weighted by atomic mass is 9.95. The van der Waals surface area contributed by atoms with Gasteiger partial charge in [-0.15, -0.1) is 0 Å². The SMILES string of the molecule is CC1=C(C(=O)Nc2cccc(C)c2)C(c2ccc(OCc3c(Cl)cccc3Cl)cc2)n2nnnc2N1. The van der Waals surface area contributed by atoms with E-state index < -0.39 is 6.04 Å². The predicted octanol–water partition coefficient (Wildman–Crippen LogP) is 5.79. The zero-order valence-corrected chi connectivity index (χ0v) is 21.0. The van der Waals surface area contributed by atoms with Crippen LogP contribution in [0.25, 0.3) is 0 Å². The van der Waals surface area contributed by atoms with Crippen LogP contribution in [0.4, 0.5) is 11.6 Å². The maximum atomic E-state index is 13.5. The molecule has 2 N–H and O–H groups in total. The fourth-order valence-corrected chi connectivity index (χ4v) is 4.61. The molecule has 4 aromatic rings. The van der Waals surface area contributed by atoms with E-state index in [1.54, 1.807) is 22.9 Å². The summed E-state index contributed by atoms with van der Waals surface area (Å²) >= 11 is 12.5. The number of ether oxygens (including phenoxy) is 1. The second-order valence-electron chi connectivity index (χ2n) is 8.39. The molecule has 0 bridgehead atoms. The Morgan fingerprint density at radius 2 is 1.78 bits per heavy atom. The molecular formula is C26H22Cl2N6O2. The summed E-state index contributed by atoms with van der Waals surface area (Å²) in [6.07, 6.45) is 0. The molecule has 2 heterocycles. The van der Waals surface area contributed by atoms with E-state index in [2.05, 4.69) is 26.2 Å². The van der Waals surface area contributed by atoms with Gasteiger partial charge in [0.1, 0.15) is 18.4 Å². The van der Waals surface area contributed by atoms with Crippen LogP contribution in [0.5, 0.6) is 5.75 Å². The van der Waals surface area contributed by atoms with Gasteiger partial charge in [0.05, 0.1) is 5.57 Å². The van der Waals surface area contributed by atoms with Gasteiger partial charge in [0.25, 0.3) is 5.91 Å². The molecule has 1 amide bonds. The Morgan fingerprint density at radius 3 is 2.50 bits per heavy atom. The maximum absolute atomic E-state index is 13.5. The molecule has 0 saturated heterocycles. The van der Waals surface area contributed by atoms with Crippen LogP contribution in [0.3, 0.4) is 0 Å². The second kappa shape index (κ2) is 10.0. The fourth-order valence-electron chi connectivity index (χ4n) is 4.11. The number of aromatic nitrogens is 4. The largest absolute Gasteiger partial charge is 0.489 e. The van der Waals surface area contributed by atoms with Crippen LogP contribution in [-0.4, -0.2) is 26.1 Å². The molecule has 8 nitrogen and oxygen atoms in total. The number of nitrogens with one attached hydrogen (secondary N) is 2. The van der Waals surface area contributed by atoms with E-state index in [1.807, 2.05) is 62.4 Å². The third-order valence-electron chi connectivity index (χ3n) is 5.88. The number of carbonyl (C=O) groups excluding carboxylic acids is 1. The van der Waals surface area contributed by atoms with E-state index in [0.29, 0.717) is 38.7 Å². The van der Waals surface area contributed by atoms with Gasteiger partial charge in [0.2, 0.25) is 5.95 Å². The van der Waals surface area contributed by atoms with Crippen molar-refractivity contribution in [1.29, 1.82) is 0 Å². The number of rotatable bonds is 6. The monoisotopic (exact) mass is 520 g/mol. The number of halogens is 2. The number of allylic oxidation sites excluding steroid dienone is 1. The van der Waals surface area contributed by atoms with Crippen LogP contribution in [-0.2, 0) is 11.4 Å². The van der Waals surface area contributed by atoms with Gasteiger partial charge in [-0.1, -0.05) is 58.6 Å². The van der Waals surface area contributed by atoms with Gasteiger partial charge in [0, 0.05) is 27.0 Å². The molecule has 1 aliphatic heterocycles. The highest BCUT2D eigenvalue weighted by Crippen LogP contribution is 2.36. The van der Waals surface area contributed by atoms with Crippen molar-refractivity contribution in [3.63, 3.8) is 0 Å². The Morgan fingerprint density at radius 1 is 1.06 bits per heavy atom. The molecule has 0 aliphatic carbocycles. The third kappa shape index (κ3) is 4.78. The molecule has 1 aliphatic rings. The average molecular weight is 521 g/mol. The molecule has 182 valence electrons. The summed E-state index contributed by atoms with van der Waals surface area (Å²) in [5, 5.41) is 19.2. The molecule has 1 unspecified atom stereocenters. The van der Waals surface area contributed by atoms with E-state index in [1.165, 1.54) is 0 Å². The number of carbonyl (C=O) groups is 1. The molecular weight excluding hydrogens is 499 g/mol. The van der Waals surface area contributed by atoms with Crippen molar-refractivity contribution in [2.45, 2.75) is 26.5 Å². The quantitative estimate of drug-likeness (QED) is 0.334. The Balaban J connectivity index is 1.42. The van der Waals surface area contributed by atoms with Crippen molar-refractivity contribution in [3.8, 4) is 5.75 Å². The zero-order chi connectivity index (χ0) is 25.2. The number of benzene rings is 3. The number of hydrogen-bond donors (Lipinski definition) is 2. The number of tetrazole rings is 1. The lowest BCUT2D eigenvalue weighted by Gasteiger charge is -2.28. The molecule has 0 radical (unpaired) electrons. The zero-order valence-electron chi connectivity index (χ0n) is 19.5. The first-order valence-electron chi connectivity index (χ1n) is 11.2. The van der Waals surface area contributed by atoms with E-state index in [9.17, 15) is 4.79 Å². The lowest BCUT2D eigenvalue weighted by molar-refractivity contribution is -0.113. The van der Waals surface area contributed by atoms with Gasteiger partial charge < -0.3 is 15.4 Å². The topological polar surface area (TPSA) is 94.0 Å². The molecule has 0 saturated carbocycles. The summed E-state index contributed by atoms with van der Waals surface area (Å²) in [4.78, 5) is 13.5.